The minimum atomic E-state index is -0.653. The van der Waals surface area contributed by atoms with Crippen molar-refractivity contribution < 1.29 is 19.1 Å². The highest BCUT2D eigenvalue weighted by atomic mass is 16.5. The van der Waals surface area contributed by atoms with Crippen LogP contribution in [0.1, 0.15) is 34.6 Å². The van der Waals surface area contributed by atoms with Crippen molar-refractivity contribution >= 4 is 22.8 Å². The van der Waals surface area contributed by atoms with Crippen LogP contribution in [0.15, 0.2) is 41.3 Å². The predicted molar refractivity (Wildman–Crippen MR) is 114 cm³/mol. The molecule has 3 aromatic rings. The lowest BCUT2D eigenvalue weighted by molar-refractivity contribution is -0.143. The Bertz CT molecular complexity index is 1190. The first kappa shape index (κ1) is 21.0. The smallest absolute Gasteiger partial charge is 0.326 e. The van der Waals surface area contributed by atoms with E-state index < -0.39 is 11.5 Å². The van der Waals surface area contributed by atoms with Crippen LogP contribution in [0.3, 0.4) is 0 Å². The quantitative estimate of drug-likeness (QED) is 0.428. The number of benzene rings is 1. The molecule has 0 bridgehead atoms. The Morgan fingerprint density at radius 3 is 2.81 bits per heavy atom. The van der Waals surface area contributed by atoms with E-state index in [4.69, 9.17) is 9.47 Å². The summed E-state index contributed by atoms with van der Waals surface area (Å²) < 4.78 is 14.3. The Balaban J connectivity index is 1.42. The van der Waals surface area contributed by atoms with Gasteiger partial charge in [-0.2, -0.15) is 0 Å². The molecular weight excluding hydrogens is 398 g/mol. The van der Waals surface area contributed by atoms with Crippen molar-refractivity contribution in [1.82, 2.24) is 14.1 Å². The lowest BCUT2D eigenvalue weighted by atomic mass is 10.1. The normalized spacial score (nSPS) is 16.0. The summed E-state index contributed by atoms with van der Waals surface area (Å²) in [5.74, 6) is -0.924. The zero-order valence-electron chi connectivity index (χ0n) is 17.7. The molecule has 1 aromatic carbocycles. The number of ketones is 1. The minimum Gasteiger partial charge on any atom is -0.456 e. The number of fused-ring (bicyclic) bond motifs is 1. The maximum absolute atomic E-state index is 12.7. The average molecular weight is 423 g/mol. The van der Waals surface area contributed by atoms with Crippen molar-refractivity contribution in [2.24, 2.45) is 0 Å². The van der Waals surface area contributed by atoms with Gasteiger partial charge in [-0.15, -0.1) is 0 Å². The Labute approximate surface area is 179 Å². The Hall–Kier alpha value is -3.26. The van der Waals surface area contributed by atoms with Gasteiger partial charge in [-0.05, 0) is 44.9 Å². The molecule has 0 radical (unpaired) electrons. The topological polar surface area (TPSA) is 92.4 Å². The monoisotopic (exact) mass is 423 g/mol. The van der Waals surface area contributed by atoms with Crippen molar-refractivity contribution in [1.29, 1.82) is 0 Å². The maximum atomic E-state index is 12.7. The van der Waals surface area contributed by atoms with Gasteiger partial charge in [0, 0.05) is 30.1 Å². The van der Waals surface area contributed by atoms with Crippen molar-refractivity contribution in [3.8, 4) is 0 Å². The highest BCUT2D eigenvalue weighted by Crippen LogP contribution is 2.21. The summed E-state index contributed by atoms with van der Waals surface area (Å²) in [5, 5.41) is 0. The third kappa shape index (κ3) is 4.44. The van der Waals surface area contributed by atoms with Gasteiger partial charge >= 0.3 is 5.97 Å². The number of carbonyl (C=O) groups is 2. The number of Topliss-reactive ketones (excluding diaryl/α,β-unsaturated/α-hetero) is 1. The first-order chi connectivity index (χ1) is 14.9. The number of para-hydroxylation sites is 2. The zero-order chi connectivity index (χ0) is 22.0. The number of aryl methyl sites for hydroxylation is 1. The molecule has 0 amide bonds. The number of aromatic nitrogens is 3. The molecule has 162 valence electrons. The number of ether oxygens (including phenoxy) is 2. The molecule has 3 heterocycles. The molecule has 0 N–H and O–H groups in total. The molecule has 0 saturated carbocycles. The molecule has 4 rings (SSSR count). The van der Waals surface area contributed by atoms with Gasteiger partial charge in [0.15, 0.2) is 6.61 Å². The summed E-state index contributed by atoms with van der Waals surface area (Å²) in [6.45, 7) is 4.67. The molecule has 1 unspecified atom stereocenters. The summed E-state index contributed by atoms with van der Waals surface area (Å²) in [7, 11) is 0. The first-order valence-corrected chi connectivity index (χ1v) is 10.4. The summed E-state index contributed by atoms with van der Waals surface area (Å²) in [5.41, 5.74) is 3.08. The van der Waals surface area contributed by atoms with E-state index in [1.807, 2.05) is 19.9 Å². The Morgan fingerprint density at radius 2 is 2.03 bits per heavy atom. The molecule has 1 saturated heterocycles. The van der Waals surface area contributed by atoms with Crippen LogP contribution in [-0.4, -0.2) is 45.2 Å². The van der Waals surface area contributed by atoms with Crippen LogP contribution in [0.25, 0.3) is 11.0 Å². The summed E-state index contributed by atoms with van der Waals surface area (Å²) >= 11 is 0. The summed E-state index contributed by atoms with van der Waals surface area (Å²) in [4.78, 5) is 41.3. The van der Waals surface area contributed by atoms with Crippen molar-refractivity contribution in [2.75, 3.05) is 13.2 Å². The first-order valence-electron chi connectivity index (χ1n) is 10.4. The van der Waals surface area contributed by atoms with Crippen LogP contribution in [0.4, 0.5) is 0 Å². The van der Waals surface area contributed by atoms with Gasteiger partial charge in [-0.1, -0.05) is 12.1 Å². The largest absolute Gasteiger partial charge is 0.456 e. The van der Waals surface area contributed by atoms with E-state index in [1.165, 1.54) is 10.8 Å². The Kier molecular flexibility index (Phi) is 5.99. The number of carbonyl (C=O) groups excluding carboxylic acids is 2. The standard InChI is InChI=1S/C23H25N3O5/c1-15-10-18(16(2)25(15)12-17-6-5-9-30-17)21(27)14-31-23(29)13-26-20-8-4-3-7-19(20)24-11-22(26)28/h3-4,7-8,10-11,17H,5-6,9,12-14H2,1-2H3. The van der Waals surface area contributed by atoms with Gasteiger partial charge in [0.1, 0.15) is 6.54 Å². The molecule has 0 spiro atoms. The SMILES string of the molecule is Cc1cc(C(=O)COC(=O)Cn2c(=O)cnc3ccccc32)c(C)n1CC1CCCO1. The fourth-order valence-electron chi connectivity index (χ4n) is 4.03. The molecule has 1 fully saturated rings. The van der Waals surface area contributed by atoms with Gasteiger partial charge in [-0.25, -0.2) is 4.98 Å². The lowest BCUT2D eigenvalue weighted by Gasteiger charge is -2.14. The van der Waals surface area contributed by atoms with Gasteiger partial charge in [0.25, 0.3) is 5.56 Å². The number of nitrogens with zero attached hydrogens (tertiary/aromatic N) is 3. The van der Waals surface area contributed by atoms with E-state index in [-0.39, 0.29) is 25.0 Å². The van der Waals surface area contributed by atoms with Crippen LogP contribution in [0.2, 0.25) is 0 Å². The third-order valence-electron chi connectivity index (χ3n) is 5.69. The number of hydrogen-bond donors (Lipinski definition) is 0. The zero-order valence-corrected chi connectivity index (χ0v) is 17.7. The second-order valence-electron chi connectivity index (χ2n) is 7.79. The summed E-state index contributed by atoms with van der Waals surface area (Å²) in [6, 6.07) is 8.86. The molecular formula is C23H25N3O5. The van der Waals surface area contributed by atoms with Gasteiger partial charge in [0.2, 0.25) is 5.78 Å². The van der Waals surface area contributed by atoms with Gasteiger partial charge in [0.05, 0.1) is 23.3 Å². The molecule has 1 aliphatic heterocycles. The van der Waals surface area contributed by atoms with Crippen LogP contribution in [0, 0.1) is 13.8 Å². The average Bonchev–Trinajstić information content (AvgIpc) is 3.38. The highest BCUT2D eigenvalue weighted by molar-refractivity contribution is 5.99. The number of rotatable bonds is 7. The third-order valence-corrected chi connectivity index (χ3v) is 5.69. The van der Waals surface area contributed by atoms with Crippen molar-refractivity contribution in [3.05, 3.63) is 63.8 Å². The van der Waals surface area contributed by atoms with E-state index in [0.29, 0.717) is 23.1 Å². The van der Waals surface area contributed by atoms with E-state index in [9.17, 15) is 14.4 Å². The van der Waals surface area contributed by atoms with Crippen LogP contribution in [0.5, 0.6) is 0 Å². The fourth-order valence-corrected chi connectivity index (χ4v) is 4.03. The van der Waals surface area contributed by atoms with E-state index >= 15 is 0 Å². The molecule has 1 atom stereocenters. The minimum absolute atomic E-state index is 0.166. The second-order valence-corrected chi connectivity index (χ2v) is 7.79. The molecule has 0 aliphatic carbocycles. The van der Waals surface area contributed by atoms with Crippen LogP contribution >= 0.6 is 0 Å². The summed E-state index contributed by atoms with van der Waals surface area (Å²) in [6.07, 6.45) is 3.41. The Morgan fingerprint density at radius 1 is 1.23 bits per heavy atom. The van der Waals surface area contributed by atoms with Gasteiger partial charge in [-0.3, -0.25) is 19.0 Å². The molecule has 31 heavy (non-hydrogen) atoms. The fraction of sp³-hybridized carbons (Fsp3) is 0.391. The van der Waals surface area contributed by atoms with Crippen molar-refractivity contribution in [2.45, 2.75) is 45.9 Å². The molecule has 2 aromatic heterocycles. The van der Waals surface area contributed by atoms with Crippen LogP contribution < -0.4 is 5.56 Å². The van der Waals surface area contributed by atoms with E-state index in [2.05, 4.69) is 9.55 Å². The number of esters is 1. The molecule has 8 heteroatoms. The van der Waals surface area contributed by atoms with Gasteiger partial charge < -0.3 is 14.0 Å². The van der Waals surface area contributed by atoms with Crippen molar-refractivity contribution in [3.63, 3.8) is 0 Å². The van der Waals surface area contributed by atoms with Crippen LogP contribution in [-0.2, 0) is 27.4 Å². The highest BCUT2D eigenvalue weighted by Gasteiger charge is 2.22. The lowest BCUT2D eigenvalue weighted by Crippen LogP contribution is -2.27. The molecule has 1 aliphatic rings. The molecule has 8 nitrogen and oxygen atoms in total. The maximum Gasteiger partial charge on any atom is 0.326 e. The second kappa shape index (κ2) is 8.85. The predicted octanol–water partition coefficient (Wildman–Crippen LogP) is 2.42. The number of hydrogen-bond acceptors (Lipinski definition) is 6. The van der Waals surface area contributed by atoms with E-state index in [0.717, 1.165) is 30.8 Å². The van der Waals surface area contributed by atoms with E-state index in [1.54, 1.807) is 24.3 Å².